The highest BCUT2D eigenvalue weighted by molar-refractivity contribution is 6.46. The summed E-state index contributed by atoms with van der Waals surface area (Å²) in [6.45, 7) is 4.07. The van der Waals surface area contributed by atoms with Gasteiger partial charge in [0.25, 0.3) is 11.7 Å². The number of ether oxygens (including phenoxy) is 2. The number of hydrogen-bond donors (Lipinski definition) is 1. The quantitative estimate of drug-likeness (QED) is 0.389. The second-order valence-electron chi connectivity index (χ2n) is 7.93. The third kappa shape index (κ3) is 4.74. The Labute approximate surface area is 191 Å². The van der Waals surface area contributed by atoms with E-state index in [4.69, 9.17) is 9.47 Å². The lowest BCUT2D eigenvalue weighted by molar-refractivity contribution is -0.140. The number of likely N-dealkylation sites (tertiary alicyclic amines) is 1. The van der Waals surface area contributed by atoms with Crippen molar-refractivity contribution in [3.8, 4) is 5.75 Å². The van der Waals surface area contributed by atoms with Crippen LogP contribution in [0.1, 0.15) is 23.6 Å². The Morgan fingerprint density at radius 3 is 2.73 bits per heavy atom. The summed E-state index contributed by atoms with van der Waals surface area (Å²) in [7, 11) is 1.38. The van der Waals surface area contributed by atoms with E-state index in [-0.39, 0.29) is 16.9 Å². The van der Waals surface area contributed by atoms with E-state index in [0.717, 1.165) is 25.7 Å². The van der Waals surface area contributed by atoms with Crippen molar-refractivity contribution >= 4 is 17.4 Å². The number of methoxy groups -OCH3 is 1. The molecule has 0 saturated carbocycles. The topological polar surface area (TPSA) is 92.2 Å². The van der Waals surface area contributed by atoms with Gasteiger partial charge in [0, 0.05) is 38.6 Å². The van der Waals surface area contributed by atoms with Crippen LogP contribution < -0.4 is 4.74 Å². The predicted molar refractivity (Wildman–Crippen MR) is 118 cm³/mol. The molecule has 33 heavy (non-hydrogen) atoms. The van der Waals surface area contributed by atoms with Crippen molar-refractivity contribution < 1.29 is 28.6 Å². The van der Waals surface area contributed by atoms with Crippen LogP contribution >= 0.6 is 0 Å². The van der Waals surface area contributed by atoms with Gasteiger partial charge < -0.3 is 19.5 Å². The summed E-state index contributed by atoms with van der Waals surface area (Å²) in [5.41, 5.74) is 0.487. The van der Waals surface area contributed by atoms with Gasteiger partial charge in [-0.1, -0.05) is 6.07 Å². The molecule has 2 saturated heterocycles. The molecule has 2 aliphatic rings. The fourth-order valence-electron chi connectivity index (χ4n) is 4.29. The van der Waals surface area contributed by atoms with Crippen molar-refractivity contribution in [3.63, 3.8) is 0 Å². The molecule has 174 valence electrons. The van der Waals surface area contributed by atoms with Crippen molar-refractivity contribution in [2.45, 2.75) is 12.5 Å². The number of nitrogens with zero attached hydrogens (tertiary/aromatic N) is 3. The van der Waals surface area contributed by atoms with Crippen molar-refractivity contribution in [2.75, 3.05) is 46.5 Å². The summed E-state index contributed by atoms with van der Waals surface area (Å²) in [5, 5.41) is 11.1. The van der Waals surface area contributed by atoms with Gasteiger partial charge in [-0.15, -0.1) is 0 Å². The minimum Gasteiger partial charge on any atom is -0.507 e. The zero-order chi connectivity index (χ0) is 23.4. The van der Waals surface area contributed by atoms with Gasteiger partial charge in [0.2, 0.25) is 0 Å². The lowest BCUT2D eigenvalue weighted by atomic mass is 9.96. The van der Waals surface area contributed by atoms with Gasteiger partial charge in [-0.25, -0.2) is 4.39 Å². The Morgan fingerprint density at radius 1 is 1.24 bits per heavy atom. The average Bonchev–Trinajstić information content (AvgIpc) is 3.10. The maximum atomic E-state index is 14.0. The van der Waals surface area contributed by atoms with E-state index in [1.54, 1.807) is 24.5 Å². The van der Waals surface area contributed by atoms with Gasteiger partial charge in [0.15, 0.2) is 0 Å². The number of aliphatic hydroxyl groups is 1. The van der Waals surface area contributed by atoms with Gasteiger partial charge in [0.1, 0.15) is 17.3 Å². The molecule has 9 heteroatoms. The lowest BCUT2D eigenvalue weighted by Gasteiger charge is -2.29. The number of benzene rings is 1. The predicted octanol–water partition coefficient (Wildman–Crippen LogP) is 2.37. The van der Waals surface area contributed by atoms with Gasteiger partial charge in [-0.2, -0.15) is 0 Å². The van der Waals surface area contributed by atoms with Crippen molar-refractivity contribution in [1.29, 1.82) is 0 Å². The van der Waals surface area contributed by atoms with E-state index in [1.807, 2.05) is 0 Å². The maximum Gasteiger partial charge on any atom is 0.295 e. The zero-order valence-corrected chi connectivity index (χ0v) is 18.4. The highest BCUT2D eigenvalue weighted by Gasteiger charge is 2.46. The molecule has 3 heterocycles. The van der Waals surface area contributed by atoms with Crippen LogP contribution in [-0.2, 0) is 14.3 Å². The summed E-state index contributed by atoms with van der Waals surface area (Å²) in [6.07, 6.45) is 3.79. The number of halogens is 1. The summed E-state index contributed by atoms with van der Waals surface area (Å²) in [4.78, 5) is 33.9. The van der Waals surface area contributed by atoms with Gasteiger partial charge in [0.05, 0.1) is 37.5 Å². The van der Waals surface area contributed by atoms with E-state index >= 15 is 0 Å². The molecule has 2 fully saturated rings. The summed E-state index contributed by atoms with van der Waals surface area (Å²) in [5.74, 6) is -2.41. The molecule has 4 rings (SSSR count). The number of aromatic nitrogens is 1. The Kier molecular flexibility index (Phi) is 7.00. The highest BCUT2D eigenvalue weighted by atomic mass is 19.1. The van der Waals surface area contributed by atoms with Crippen LogP contribution in [0.3, 0.4) is 0 Å². The summed E-state index contributed by atoms with van der Waals surface area (Å²) < 4.78 is 24.6. The fourth-order valence-corrected chi connectivity index (χ4v) is 4.29. The molecule has 1 atom stereocenters. The molecule has 2 aliphatic heterocycles. The molecule has 8 nitrogen and oxygen atoms in total. The molecule has 0 aliphatic carbocycles. The Bertz CT molecular complexity index is 1050. The first kappa shape index (κ1) is 22.9. The molecule has 0 radical (unpaired) electrons. The maximum absolute atomic E-state index is 14.0. The summed E-state index contributed by atoms with van der Waals surface area (Å²) in [6, 6.07) is 6.25. The number of morpholine rings is 1. The average molecular weight is 455 g/mol. The zero-order valence-electron chi connectivity index (χ0n) is 18.4. The van der Waals surface area contributed by atoms with E-state index in [2.05, 4.69) is 9.88 Å². The van der Waals surface area contributed by atoms with Crippen LogP contribution in [0.4, 0.5) is 4.39 Å². The molecule has 2 aromatic rings. The normalized spacial score (nSPS) is 20.9. The highest BCUT2D eigenvalue weighted by Crippen LogP contribution is 2.40. The minimum atomic E-state index is -0.837. The minimum absolute atomic E-state index is 0.0118. The summed E-state index contributed by atoms with van der Waals surface area (Å²) >= 11 is 0. The number of hydrogen-bond acceptors (Lipinski definition) is 7. The molecule has 0 unspecified atom stereocenters. The van der Waals surface area contributed by atoms with E-state index in [0.29, 0.717) is 31.7 Å². The van der Waals surface area contributed by atoms with E-state index in [9.17, 15) is 19.1 Å². The number of amides is 1. The number of ketones is 1. The van der Waals surface area contributed by atoms with Gasteiger partial charge in [-0.3, -0.25) is 19.5 Å². The molecule has 0 bridgehead atoms. The van der Waals surface area contributed by atoms with Crippen LogP contribution in [0, 0.1) is 5.82 Å². The van der Waals surface area contributed by atoms with Crippen LogP contribution in [0.15, 0.2) is 48.3 Å². The van der Waals surface area contributed by atoms with Crippen LogP contribution in [0.25, 0.3) is 5.76 Å². The van der Waals surface area contributed by atoms with Crippen LogP contribution in [-0.4, -0.2) is 78.1 Å². The van der Waals surface area contributed by atoms with Crippen molar-refractivity contribution in [2.24, 2.45) is 0 Å². The first-order valence-corrected chi connectivity index (χ1v) is 10.8. The molecule has 0 spiro atoms. The first-order valence-electron chi connectivity index (χ1n) is 10.8. The third-order valence-corrected chi connectivity index (χ3v) is 5.93. The Morgan fingerprint density at radius 2 is 2.03 bits per heavy atom. The largest absolute Gasteiger partial charge is 0.507 e. The second kappa shape index (κ2) is 10.1. The first-order chi connectivity index (χ1) is 16.0. The standard InChI is InChI=1S/C24H26FN3O5/c1-32-19-6-5-17(25)14-18(19)22(29)20-21(16-4-2-7-26-15-16)28(24(31)23(20)30)9-3-8-27-10-12-33-13-11-27/h2,4-7,14-15,21,29H,3,8-13H2,1H3/t21-/m0/s1. The fraction of sp³-hybridized carbons (Fsp3) is 0.375. The molecule has 1 amide bonds. The molecule has 1 N–H and O–H groups in total. The number of pyridine rings is 1. The van der Waals surface area contributed by atoms with Gasteiger partial charge in [-0.05, 0) is 36.2 Å². The van der Waals surface area contributed by atoms with Crippen molar-refractivity contribution in [1.82, 2.24) is 14.8 Å². The number of carbonyl (C=O) groups is 2. The number of rotatable bonds is 7. The molecule has 1 aromatic heterocycles. The SMILES string of the molecule is COc1ccc(F)cc1C(O)=C1C(=O)C(=O)N(CCCN2CCOCC2)[C@H]1c1cccnc1. The Hall–Kier alpha value is -3.30. The molecular formula is C24H26FN3O5. The van der Waals surface area contributed by atoms with Crippen molar-refractivity contribution in [3.05, 3.63) is 65.2 Å². The smallest absolute Gasteiger partial charge is 0.295 e. The van der Waals surface area contributed by atoms with E-state index < -0.39 is 29.3 Å². The number of aliphatic hydroxyl groups excluding tert-OH is 1. The Balaban J connectivity index is 1.70. The van der Waals surface area contributed by atoms with E-state index in [1.165, 1.54) is 24.1 Å². The molecule has 1 aromatic carbocycles. The lowest BCUT2D eigenvalue weighted by Crippen LogP contribution is -2.39. The number of Topliss-reactive ketones (excluding diaryl/α,β-unsaturated/α-hetero) is 1. The third-order valence-electron chi connectivity index (χ3n) is 5.93. The monoisotopic (exact) mass is 455 g/mol. The second-order valence-corrected chi connectivity index (χ2v) is 7.93. The van der Waals surface area contributed by atoms with Gasteiger partial charge >= 0.3 is 0 Å². The van der Waals surface area contributed by atoms with Crippen LogP contribution in [0.2, 0.25) is 0 Å². The van der Waals surface area contributed by atoms with Crippen LogP contribution in [0.5, 0.6) is 5.75 Å². The number of carbonyl (C=O) groups excluding carboxylic acids is 2. The molecular weight excluding hydrogens is 429 g/mol.